The molecule has 0 atom stereocenters. The summed E-state index contributed by atoms with van der Waals surface area (Å²) >= 11 is 0. The molecule has 0 bridgehead atoms. The summed E-state index contributed by atoms with van der Waals surface area (Å²) in [4.78, 5) is 4.35. The van der Waals surface area contributed by atoms with E-state index < -0.39 is 0 Å². The molecule has 0 saturated carbocycles. The minimum Gasteiger partial charge on any atom is -0.261 e. The number of aromatic nitrogens is 1. The summed E-state index contributed by atoms with van der Waals surface area (Å²) < 4.78 is 0. The van der Waals surface area contributed by atoms with Crippen LogP contribution in [0.25, 0.3) is 0 Å². The molecule has 1 heteroatoms. The first-order chi connectivity index (χ1) is 5.41. The van der Waals surface area contributed by atoms with Gasteiger partial charge in [-0.05, 0) is 30.4 Å². The Morgan fingerprint density at radius 2 is 1.75 bits per heavy atom. The van der Waals surface area contributed by atoms with E-state index in [2.05, 4.69) is 38.7 Å². The number of hydrogen-bond donors (Lipinski definition) is 0. The molecular formula is C11H17N. The Morgan fingerprint density at radius 1 is 1.17 bits per heavy atom. The summed E-state index contributed by atoms with van der Waals surface area (Å²) in [5.41, 5.74) is 3.93. The average molecular weight is 163 g/mol. The molecule has 1 heterocycles. The van der Waals surface area contributed by atoms with E-state index in [1.54, 1.807) is 0 Å². The van der Waals surface area contributed by atoms with Crippen LogP contribution in [0.1, 0.15) is 37.6 Å². The molecule has 1 nitrogen and oxygen atoms in total. The van der Waals surface area contributed by atoms with Gasteiger partial charge in [-0.3, -0.25) is 4.98 Å². The Labute approximate surface area is 74.8 Å². The third-order valence-corrected chi connectivity index (χ3v) is 2.21. The summed E-state index contributed by atoms with van der Waals surface area (Å²) in [5.74, 6) is 0. The minimum absolute atomic E-state index is 0.214. The lowest BCUT2D eigenvalue weighted by molar-refractivity contribution is 0.586. The van der Waals surface area contributed by atoms with Crippen molar-refractivity contribution < 1.29 is 0 Å². The predicted molar refractivity (Wildman–Crippen MR) is 52.4 cm³/mol. The summed E-state index contributed by atoms with van der Waals surface area (Å²) in [7, 11) is 0. The molecule has 0 unspecified atom stereocenters. The second-order valence-corrected chi connectivity index (χ2v) is 4.38. The lowest BCUT2D eigenvalue weighted by Crippen LogP contribution is -2.12. The molecule has 0 N–H and O–H groups in total. The van der Waals surface area contributed by atoms with E-state index in [0.29, 0.717) is 0 Å². The van der Waals surface area contributed by atoms with Crippen LogP contribution in [0.3, 0.4) is 0 Å². The van der Waals surface area contributed by atoms with E-state index in [4.69, 9.17) is 0 Å². The Hall–Kier alpha value is -0.850. The molecule has 0 aliphatic heterocycles. The van der Waals surface area contributed by atoms with Crippen molar-refractivity contribution in [2.45, 2.75) is 40.0 Å². The van der Waals surface area contributed by atoms with Crippen molar-refractivity contribution in [2.75, 3.05) is 0 Å². The van der Waals surface area contributed by atoms with Crippen LogP contribution >= 0.6 is 0 Å². The highest BCUT2D eigenvalue weighted by Crippen LogP contribution is 2.22. The molecule has 0 saturated heterocycles. The van der Waals surface area contributed by atoms with Gasteiger partial charge in [-0.25, -0.2) is 0 Å². The molecule has 0 radical (unpaired) electrons. The van der Waals surface area contributed by atoms with Crippen molar-refractivity contribution in [3.05, 3.63) is 29.1 Å². The molecule has 0 aliphatic rings. The fourth-order valence-electron chi connectivity index (χ4n) is 1.05. The molecule has 0 aliphatic carbocycles. The molecule has 1 aromatic heterocycles. The molecule has 1 aromatic rings. The maximum absolute atomic E-state index is 4.35. The fourth-order valence-corrected chi connectivity index (χ4v) is 1.05. The number of aryl methyl sites for hydroxylation is 2. The lowest BCUT2D eigenvalue weighted by Gasteiger charge is -2.19. The van der Waals surface area contributed by atoms with Crippen molar-refractivity contribution in [1.29, 1.82) is 0 Å². The van der Waals surface area contributed by atoms with Crippen LogP contribution in [0.15, 0.2) is 12.3 Å². The quantitative estimate of drug-likeness (QED) is 0.573. The van der Waals surface area contributed by atoms with Crippen LogP contribution < -0.4 is 0 Å². The van der Waals surface area contributed by atoms with Gasteiger partial charge in [0.05, 0.1) is 0 Å². The summed E-state index contributed by atoms with van der Waals surface area (Å²) in [6, 6.07) is 2.22. The summed E-state index contributed by atoms with van der Waals surface area (Å²) in [6.07, 6.45) is 1.97. The van der Waals surface area contributed by atoms with Gasteiger partial charge in [0.1, 0.15) is 0 Å². The van der Waals surface area contributed by atoms with Crippen molar-refractivity contribution in [2.24, 2.45) is 0 Å². The zero-order valence-electron chi connectivity index (χ0n) is 8.60. The standard InChI is InChI=1S/C11H17N/c1-8-6-10(11(3,4)5)7-12-9(8)2/h6-7H,1-5H3. The molecule has 0 spiro atoms. The van der Waals surface area contributed by atoms with Gasteiger partial charge in [0.25, 0.3) is 0 Å². The smallest absolute Gasteiger partial charge is 0.0401 e. The van der Waals surface area contributed by atoms with Crippen molar-refractivity contribution in [3.8, 4) is 0 Å². The SMILES string of the molecule is Cc1cc(C(C)(C)C)cnc1C. The van der Waals surface area contributed by atoms with E-state index in [-0.39, 0.29) is 5.41 Å². The van der Waals surface area contributed by atoms with E-state index >= 15 is 0 Å². The Bertz CT molecular complexity index is 282. The van der Waals surface area contributed by atoms with Gasteiger partial charge in [0.15, 0.2) is 0 Å². The van der Waals surface area contributed by atoms with Gasteiger partial charge in [0, 0.05) is 11.9 Å². The van der Waals surface area contributed by atoms with E-state index in [0.717, 1.165) is 5.69 Å². The first-order valence-corrected chi connectivity index (χ1v) is 4.35. The van der Waals surface area contributed by atoms with Gasteiger partial charge in [-0.15, -0.1) is 0 Å². The normalized spacial score (nSPS) is 11.8. The number of rotatable bonds is 0. The molecular weight excluding hydrogens is 146 g/mol. The molecule has 0 amide bonds. The lowest BCUT2D eigenvalue weighted by atomic mass is 9.87. The third-order valence-electron chi connectivity index (χ3n) is 2.21. The van der Waals surface area contributed by atoms with E-state index in [1.807, 2.05) is 13.1 Å². The predicted octanol–water partition coefficient (Wildman–Crippen LogP) is 3.00. The zero-order valence-corrected chi connectivity index (χ0v) is 8.60. The molecule has 66 valence electrons. The van der Waals surface area contributed by atoms with Crippen LogP contribution in [0, 0.1) is 13.8 Å². The van der Waals surface area contributed by atoms with Crippen molar-refractivity contribution in [3.63, 3.8) is 0 Å². The minimum atomic E-state index is 0.214. The number of nitrogens with zero attached hydrogens (tertiary/aromatic N) is 1. The maximum atomic E-state index is 4.35. The average Bonchev–Trinajstić information content (AvgIpc) is 1.92. The maximum Gasteiger partial charge on any atom is 0.0401 e. The highest BCUT2D eigenvalue weighted by atomic mass is 14.7. The number of pyridine rings is 1. The molecule has 0 aromatic carbocycles. The molecule has 12 heavy (non-hydrogen) atoms. The largest absolute Gasteiger partial charge is 0.261 e. The summed E-state index contributed by atoms with van der Waals surface area (Å²) in [5, 5.41) is 0. The van der Waals surface area contributed by atoms with Gasteiger partial charge >= 0.3 is 0 Å². The Morgan fingerprint density at radius 3 is 2.17 bits per heavy atom. The number of hydrogen-bond acceptors (Lipinski definition) is 1. The molecule has 1 rings (SSSR count). The van der Waals surface area contributed by atoms with Crippen LogP contribution in [0.2, 0.25) is 0 Å². The van der Waals surface area contributed by atoms with E-state index in [9.17, 15) is 0 Å². The van der Waals surface area contributed by atoms with Gasteiger partial charge < -0.3 is 0 Å². The van der Waals surface area contributed by atoms with Gasteiger partial charge in [-0.1, -0.05) is 26.8 Å². The highest BCUT2D eigenvalue weighted by Gasteiger charge is 2.14. The zero-order chi connectivity index (χ0) is 9.35. The fraction of sp³-hybridized carbons (Fsp3) is 0.545. The Balaban J connectivity index is 3.14. The first-order valence-electron chi connectivity index (χ1n) is 4.35. The summed E-state index contributed by atoms with van der Waals surface area (Å²) in [6.45, 7) is 10.8. The van der Waals surface area contributed by atoms with Crippen LogP contribution in [0.5, 0.6) is 0 Å². The van der Waals surface area contributed by atoms with Crippen LogP contribution in [-0.4, -0.2) is 4.98 Å². The van der Waals surface area contributed by atoms with Gasteiger partial charge in [0.2, 0.25) is 0 Å². The first kappa shape index (κ1) is 9.24. The van der Waals surface area contributed by atoms with Crippen LogP contribution in [0.4, 0.5) is 0 Å². The van der Waals surface area contributed by atoms with Crippen molar-refractivity contribution >= 4 is 0 Å². The van der Waals surface area contributed by atoms with Crippen LogP contribution in [-0.2, 0) is 5.41 Å². The second kappa shape index (κ2) is 2.89. The van der Waals surface area contributed by atoms with Crippen molar-refractivity contribution in [1.82, 2.24) is 4.98 Å². The monoisotopic (exact) mass is 163 g/mol. The highest BCUT2D eigenvalue weighted by molar-refractivity contribution is 5.27. The molecule has 0 fully saturated rings. The third kappa shape index (κ3) is 1.84. The van der Waals surface area contributed by atoms with Gasteiger partial charge in [-0.2, -0.15) is 0 Å². The second-order valence-electron chi connectivity index (χ2n) is 4.38. The van der Waals surface area contributed by atoms with E-state index in [1.165, 1.54) is 11.1 Å². The topological polar surface area (TPSA) is 12.9 Å². The Kier molecular flexibility index (Phi) is 2.22.